The maximum Gasteiger partial charge on any atom is 0.387 e. The molecule has 5 heteroatoms. The van der Waals surface area contributed by atoms with Crippen LogP contribution in [0.3, 0.4) is 0 Å². The zero-order valence-corrected chi connectivity index (χ0v) is 9.59. The van der Waals surface area contributed by atoms with Crippen LogP contribution in [-0.2, 0) is 10.2 Å². The molecule has 1 aromatic carbocycles. The lowest BCUT2D eigenvalue weighted by Crippen LogP contribution is -2.18. The van der Waals surface area contributed by atoms with Crippen LogP contribution in [0.1, 0.15) is 19.4 Å². The topological polar surface area (TPSA) is 26.3 Å². The molecule has 0 radical (unpaired) electrons. The van der Waals surface area contributed by atoms with Crippen LogP contribution in [0.5, 0.6) is 5.75 Å². The van der Waals surface area contributed by atoms with Gasteiger partial charge in [-0.2, -0.15) is 8.78 Å². The molecule has 16 heavy (non-hydrogen) atoms. The summed E-state index contributed by atoms with van der Waals surface area (Å²) in [7, 11) is 0. The molecule has 0 fully saturated rings. The summed E-state index contributed by atoms with van der Waals surface area (Å²) in [5.74, 6) is -0.0953. The van der Waals surface area contributed by atoms with E-state index >= 15 is 0 Å². The summed E-state index contributed by atoms with van der Waals surface area (Å²) in [6, 6.07) is 4.32. The number of hydrogen-bond donors (Lipinski definition) is 0. The van der Waals surface area contributed by atoms with Crippen LogP contribution in [0.4, 0.5) is 8.78 Å². The van der Waals surface area contributed by atoms with E-state index in [1.165, 1.54) is 18.2 Å². The van der Waals surface area contributed by atoms with Crippen LogP contribution in [-0.4, -0.2) is 12.9 Å². The highest BCUT2D eigenvalue weighted by atomic mass is 35.5. The Morgan fingerprint density at radius 3 is 2.50 bits per heavy atom. The van der Waals surface area contributed by atoms with Crippen LogP contribution in [0, 0.1) is 0 Å². The standard InChI is InChI=1S/C11H11ClF2O2/c1-11(2,6-15)7-3-4-9(8(12)5-7)16-10(13)14/h3-6,10H,1-2H3. The van der Waals surface area contributed by atoms with Crippen molar-refractivity contribution < 1.29 is 18.3 Å². The van der Waals surface area contributed by atoms with Gasteiger partial charge in [-0.15, -0.1) is 0 Å². The number of carbonyl (C=O) groups is 1. The molecule has 0 atom stereocenters. The fourth-order valence-corrected chi connectivity index (χ4v) is 1.39. The Morgan fingerprint density at radius 1 is 1.44 bits per heavy atom. The number of benzene rings is 1. The molecule has 0 heterocycles. The second-order valence-electron chi connectivity index (χ2n) is 3.86. The lowest BCUT2D eigenvalue weighted by Gasteiger charge is -2.18. The van der Waals surface area contributed by atoms with Crippen molar-refractivity contribution >= 4 is 17.9 Å². The zero-order valence-electron chi connectivity index (χ0n) is 8.84. The molecule has 0 bridgehead atoms. The second kappa shape index (κ2) is 4.78. The molecule has 1 rings (SSSR count). The van der Waals surface area contributed by atoms with E-state index in [9.17, 15) is 13.6 Å². The number of rotatable bonds is 4. The van der Waals surface area contributed by atoms with Crippen molar-refractivity contribution in [2.75, 3.05) is 0 Å². The van der Waals surface area contributed by atoms with Crippen LogP contribution in [0.25, 0.3) is 0 Å². The van der Waals surface area contributed by atoms with Crippen molar-refractivity contribution in [2.24, 2.45) is 0 Å². The summed E-state index contributed by atoms with van der Waals surface area (Å²) in [4.78, 5) is 10.8. The number of aldehydes is 1. The van der Waals surface area contributed by atoms with Crippen LogP contribution >= 0.6 is 11.6 Å². The van der Waals surface area contributed by atoms with Crippen LogP contribution in [0.15, 0.2) is 18.2 Å². The van der Waals surface area contributed by atoms with Crippen molar-refractivity contribution in [2.45, 2.75) is 25.9 Å². The molecule has 0 saturated carbocycles. The SMILES string of the molecule is CC(C)(C=O)c1ccc(OC(F)F)c(Cl)c1. The first-order valence-electron chi connectivity index (χ1n) is 4.58. The Balaban J connectivity index is 3.04. The minimum atomic E-state index is -2.91. The Labute approximate surface area is 97.2 Å². The Hall–Kier alpha value is -1.16. The van der Waals surface area contributed by atoms with Crippen molar-refractivity contribution in [1.82, 2.24) is 0 Å². The van der Waals surface area contributed by atoms with E-state index in [1.54, 1.807) is 13.8 Å². The van der Waals surface area contributed by atoms with Gasteiger partial charge in [-0.05, 0) is 31.5 Å². The van der Waals surface area contributed by atoms with Crippen molar-refractivity contribution in [3.05, 3.63) is 28.8 Å². The molecule has 0 aliphatic carbocycles. The highest BCUT2D eigenvalue weighted by molar-refractivity contribution is 6.32. The van der Waals surface area contributed by atoms with E-state index in [4.69, 9.17) is 11.6 Å². The average Bonchev–Trinajstić information content (AvgIpc) is 2.20. The van der Waals surface area contributed by atoms with Gasteiger partial charge in [0, 0.05) is 5.41 Å². The first-order valence-corrected chi connectivity index (χ1v) is 4.96. The summed E-state index contributed by atoms with van der Waals surface area (Å²) in [5, 5.41) is 0.0627. The van der Waals surface area contributed by atoms with Crippen molar-refractivity contribution in [3.63, 3.8) is 0 Å². The predicted octanol–water partition coefficient (Wildman–Crippen LogP) is 3.42. The second-order valence-corrected chi connectivity index (χ2v) is 4.27. The number of ether oxygens (including phenoxy) is 1. The number of hydrogen-bond acceptors (Lipinski definition) is 2. The van der Waals surface area contributed by atoms with Crippen LogP contribution < -0.4 is 4.74 Å². The lowest BCUT2D eigenvalue weighted by atomic mass is 9.86. The van der Waals surface area contributed by atoms with Gasteiger partial charge in [-0.25, -0.2) is 0 Å². The molecular weight excluding hydrogens is 238 g/mol. The zero-order chi connectivity index (χ0) is 12.3. The predicted molar refractivity (Wildman–Crippen MR) is 57.2 cm³/mol. The van der Waals surface area contributed by atoms with E-state index < -0.39 is 12.0 Å². The Morgan fingerprint density at radius 2 is 2.06 bits per heavy atom. The summed E-state index contributed by atoms with van der Waals surface area (Å²) < 4.78 is 28.1. The van der Waals surface area contributed by atoms with Gasteiger partial charge in [-0.1, -0.05) is 17.7 Å². The third kappa shape index (κ3) is 2.92. The van der Waals surface area contributed by atoms with Gasteiger partial charge in [0.1, 0.15) is 12.0 Å². The molecule has 0 amide bonds. The fourth-order valence-electron chi connectivity index (χ4n) is 1.16. The highest BCUT2D eigenvalue weighted by Gasteiger charge is 2.21. The molecule has 0 aromatic heterocycles. The molecule has 88 valence electrons. The minimum absolute atomic E-state index is 0.0627. The summed E-state index contributed by atoms with van der Waals surface area (Å²) in [6.45, 7) is 0.501. The van der Waals surface area contributed by atoms with Gasteiger partial charge < -0.3 is 9.53 Å². The molecule has 0 unspecified atom stereocenters. The van der Waals surface area contributed by atoms with Crippen LogP contribution in [0.2, 0.25) is 5.02 Å². The van der Waals surface area contributed by atoms with Gasteiger partial charge in [-0.3, -0.25) is 0 Å². The Bertz CT molecular complexity index is 392. The third-order valence-electron chi connectivity index (χ3n) is 2.19. The van der Waals surface area contributed by atoms with Gasteiger partial charge in [0.2, 0.25) is 0 Å². The van der Waals surface area contributed by atoms with Crippen molar-refractivity contribution in [3.8, 4) is 5.75 Å². The monoisotopic (exact) mass is 248 g/mol. The largest absolute Gasteiger partial charge is 0.433 e. The van der Waals surface area contributed by atoms with E-state index in [-0.39, 0.29) is 10.8 Å². The minimum Gasteiger partial charge on any atom is -0.433 e. The van der Waals surface area contributed by atoms with Gasteiger partial charge in [0.25, 0.3) is 0 Å². The summed E-state index contributed by atoms with van der Waals surface area (Å²) in [5.41, 5.74) is -0.0541. The quantitative estimate of drug-likeness (QED) is 0.763. The Kier molecular flexibility index (Phi) is 3.86. The normalized spacial score (nSPS) is 11.6. The third-order valence-corrected chi connectivity index (χ3v) is 2.48. The smallest absolute Gasteiger partial charge is 0.387 e. The van der Waals surface area contributed by atoms with E-state index in [0.717, 1.165) is 6.29 Å². The molecule has 0 saturated heterocycles. The lowest BCUT2D eigenvalue weighted by molar-refractivity contribution is -0.111. The molecule has 1 aromatic rings. The van der Waals surface area contributed by atoms with Gasteiger partial charge >= 0.3 is 6.61 Å². The highest BCUT2D eigenvalue weighted by Crippen LogP contribution is 2.31. The molecule has 0 aliphatic heterocycles. The maximum atomic E-state index is 12.0. The number of carbonyl (C=O) groups excluding carboxylic acids is 1. The fraction of sp³-hybridized carbons (Fsp3) is 0.364. The summed E-state index contributed by atoms with van der Waals surface area (Å²) in [6.07, 6.45) is 0.770. The number of alkyl halides is 2. The summed E-state index contributed by atoms with van der Waals surface area (Å²) >= 11 is 5.76. The molecular formula is C11H11ClF2O2. The average molecular weight is 249 g/mol. The van der Waals surface area contributed by atoms with E-state index in [1.807, 2.05) is 0 Å². The van der Waals surface area contributed by atoms with Gasteiger partial charge in [0.15, 0.2) is 0 Å². The van der Waals surface area contributed by atoms with E-state index in [0.29, 0.717) is 5.56 Å². The van der Waals surface area contributed by atoms with Crippen molar-refractivity contribution in [1.29, 1.82) is 0 Å². The maximum absolute atomic E-state index is 12.0. The first-order chi connectivity index (χ1) is 7.36. The molecule has 0 spiro atoms. The molecule has 0 aliphatic rings. The molecule has 0 N–H and O–H groups in total. The first kappa shape index (κ1) is 12.9. The van der Waals surface area contributed by atoms with E-state index in [2.05, 4.69) is 4.74 Å². The molecule has 2 nitrogen and oxygen atoms in total. The number of halogens is 3. The van der Waals surface area contributed by atoms with Gasteiger partial charge in [0.05, 0.1) is 5.02 Å².